The van der Waals surface area contributed by atoms with Crippen LogP contribution in [0.3, 0.4) is 0 Å². The summed E-state index contributed by atoms with van der Waals surface area (Å²) in [6.45, 7) is 1.95. The van der Waals surface area contributed by atoms with Gasteiger partial charge in [-0.15, -0.1) is 0 Å². The van der Waals surface area contributed by atoms with E-state index in [0.29, 0.717) is 12.1 Å². The highest BCUT2D eigenvalue weighted by Gasteiger charge is 2.66. The maximum Gasteiger partial charge on any atom is 0.255 e. The second kappa shape index (κ2) is 9.60. The second-order valence-electron chi connectivity index (χ2n) is 12.1. The van der Waals surface area contributed by atoms with Crippen LogP contribution >= 0.6 is 0 Å². The minimum absolute atomic E-state index is 0.0185. The summed E-state index contributed by atoms with van der Waals surface area (Å²) in [5.74, 6) is -5.90. The highest BCUT2D eigenvalue weighted by atomic mass is 16.3. The fourth-order valence-electron chi connectivity index (χ4n) is 7.59. The van der Waals surface area contributed by atoms with Gasteiger partial charge < -0.3 is 36.0 Å². The van der Waals surface area contributed by atoms with Crippen LogP contribution in [0.5, 0.6) is 5.75 Å². The highest BCUT2D eigenvalue weighted by Crippen LogP contribution is 2.58. The Labute approximate surface area is 233 Å². The Hall–Kier alpha value is -3.41. The number of aliphatic hydroxyl groups excluding tert-OH is 2. The Morgan fingerprint density at radius 1 is 1.07 bits per heavy atom. The molecule has 1 aliphatic heterocycles. The normalized spacial score (nSPS) is 30.8. The molecule has 40 heavy (non-hydrogen) atoms. The molecule has 0 radical (unpaired) electrons. The van der Waals surface area contributed by atoms with Crippen LogP contribution in [0, 0.1) is 11.3 Å². The van der Waals surface area contributed by atoms with Crippen LogP contribution < -0.4 is 10.6 Å². The number of aliphatic hydroxyl groups is 3. The van der Waals surface area contributed by atoms with Crippen LogP contribution in [0.2, 0.25) is 0 Å². The number of carbonyl (C=O) groups is 3. The highest BCUT2D eigenvalue weighted by molar-refractivity contribution is 6.25. The number of aromatic hydroxyl groups is 1. The molecule has 1 aromatic carbocycles. The molecule has 1 aromatic rings. The first-order valence-corrected chi connectivity index (χ1v) is 13.7. The minimum atomic E-state index is -2.67. The van der Waals surface area contributed by atoms with Gasteiger partial charge in [-0.2, -0.15) is 0 Å². The van der Waals surface area contributed by atoms with Crippen molar-refractivity contribution < 1.29 is 34.8 Å². The van der Waals surface area contributed by atoms with E-state index in [4.69, 9.17) is 5.73 Å². The summed E-state index contributed by atoms with van der Waals surface area (Å²) >= 11 is 0. The molecule has 0 aromatic heterocycles. The SMILES string of the molecule is CN(C)c1ccc(O)c2c1C[C@@]1(CN3CCCCC3)C[C@H]3[C@H](N(C)C)C(O)=C(C(N)=O)C(=O)[C@@]3(O)C(O)=C1C2=O. The van der Waals surface area contributed by atoms with Crippen molar-refractivity contribution in [1.82, 2.24) is 9.80 Å². The number of amides is 1. The van der Waals surface area contributed by atoms with Crippen molar-refractivity contribution in [2.24, 2.45) is 17.1 Å². The number of piperidine rings is 1. The van der Waals surface area contributed by atoms with E-state index in [0.717, 1.165) is 38.0 Å². The number of phenolic OH excluding ortho intramolecular Hbond substituents is 1. The third kappa shape index (κ3) is 3.86. The molecular weight excluding hydrogens is 516 g/mol. The molecule has 3 aliphatic carbocycles. The molecule has 216 valence electrons. The lowest BCUT2D eigenvalue weighted by atomic mass is 9.52. The van der Waals surface area contributed by atoms with Crippen LogP contribution in [-0.2, 0) is 16.0 Å². The van der Waals surface area contributed by atoms with E-state index in [-0.39, 0.29) is 29.7 Å². The molecule has 1 amide bonds. The molecule has 0 unspecified atom stereocenters. The molecule has 5 rings (SSSR count). The average Bonchev–Trinajstić information content (AvgIpc) is 2.86. The molecule has 0 saturated carbocycles. The topological polar surface area (TPSA) is 168 Å². The van der Waals surface area contributed by atoms with Gasteiger partial charge in [0.05, 0.1) is 11.6 Å². The Bertz CT molecular complexity index is 1360. The van der Waals surface area contributed by atoms with Gasteiger partial charge in [-0.25, -0.2) is 0 Å². The zero-order chi connectivity index (χ0) is 29.3. The summed E-state index contributed by atoms with van der Waals surface area (Å²) in [7, 11) is 6.94. The number of hydrogen-bond acceptors (Lipinski definition) is 10. The van der Waals surface area contributed by atoms with Crippen molar-refractivity contribution >= 4 is 23.2 Å². The molecule has 4 aliphatic rings. The van der Waals surface area contributed by atoms with Crippen LogP contribution in [-0.4, -0.2) is 107 Å². The fourth-order valence-corrected chi connectivity index (χ4v) is 7.59. The third-order valence-corrected chi connectivity index (χ3v) is 9.26. The Balaban J connectivity index is 1.81. The quantitative estimate of drug-likeness (QED) is 0.332. The number of nitrogens with zero attached hydrogens (tertiary/aromatic N) is 3. The van der Waals surface area contributed by atoms with E-state index >= 15 is 0 Å². The van der Waals surface area contributed by atoms with Crippen molar-refractivity contribution in [3.05, 3.63) is 45.9 Å². The molecule has 11 nitrogen and oxygen atoms in total. The fraction of sp³-hybridized carbons (Fsp3) is 0.552. The van der Waals surface area contributed by atoms with Gasteiger partial charge in [0.2, 0.25) is 5.78 Å². The summed E-state index contributed by atoms with van der Waals surface area (Å²) in [6.07, 6.45) is 3.35. The Morgan fingerprint density at radius 3 is 2.30 bits per heavy atom. The summed E-state index contributed by atoms with van der Waals surface area (Å²) in [6, 6.07) is 2.12. The van der Waals surface area contributed by atoms with Gasteiger partial charge >= 0.3 is 0 Å². The number of nitrogens with two attached hydrogens (primary N) is 1. The summed E-state index contributed by atoms with van der Waals surface area (Å²) in [4.78, 5) is 46.0. The average molecular weight is 555 g/mol. The number of primary amides is 1. The summed E-state index contributed by atoms with van der Waals surface area (Å²) < 4.78 is 0. The van der Waals surface area contributed by atoms with E-state index in [1.165, 1.54) is 6.07 Å². The lowest BCUT2D eigenvalue weighted by Gasteiger charge is -2.55. The van der Waals surface area contributed by atoms with Crippen molar-refractivity contribution in [3.63, 3.8) is 0 Å². The van der Waals surface area contributed by atoms with Gasteiger partial charge in [0.15, 0.2) is 11.4 Å². The number of phenols is 1. The van der Waals surface area contributed by atoms with Crippen LogP contribution in [0.1, 0.15) is 41.6 Å². The molecule has 0 spiro atoms. The van der Waals surface area contributed by atoms with Crippen LogP contribution in [0.25, 0.3) is 0 Å². The van der Waals surface area contributed by atoms with Crippen molar-refractivity contribution in [1.29, 1.82) is 0 Å². The number of fused-ring (bicyclic) bond motifs is 3. The number of likely N-dealkylation sites (tertiary alicyclic amines) is 1. The predicted octanol–water partition coefficient (Wildman–Crippen LogP) is 1.04. The standard InChI is InChI=1S/C29H38N4O7/c1-31(2)17-8-9-18(34)19-15(17)12-28(14-33-10-6-5-7-11-33)13-16-22(32(3)4)24(36)20(27(30)39)25(37)29(16,40)26(38)21(28)23(19)35/h8-9,16,22,34,36,38,40H,5-7,10-14H2,1-4H3,(H2,30,39)/t16-,22-,28-,29+/m0/s1. The van der Waals surface area contributed by atoms with Gasteiger partial charge in [0.25, 0.3) is 5.91 Å². The smallest absolute Gasteiger partial charge is 0.255 e. The second-order valence-corrected chi connectivity index (χ2v) is 12.1. The largest absolute Gasteiger partial charge is 0.510 e. The van der Waals surface area contributed by atoms with Gasteiger partial charge in [-0.3, -0.25) is 19.3 Å². The monoisotopic (exact) mass is 554 g/mol. The molecular formula is C29H38N4O7. The zero-order valence-electron chi connectivity index (χ0n) is 23.4. The van der Waals surface area contributed by atoms with Gasteiger partial charge in [-0.1, -0.05) is 6.42 Å². The van der Waals surface area contributed by atoms with E-state index in [2.05, 4.69) is 4.90 Å². The summed E-state index contributed by atoms with van der Waals surface area (Å²) in [5, 5.41) is 45.9. The third-order valence-electron chi connectivity index (χ3n) is 9.26. The molecule has 0 bridgehead atoms. The van der Waals surface area contributed by atoms with Gasteiger partial charge in [0, 0.05) is 43.2 Å². The van der Waals surface area contributed by atoms with E-state index in [9.17, 15) is 34.8 Å². The maximum absolute atomic E-state index is 14.3. The van der Waals surface area contributed by atoms with Crippen LogP contribution in [0.15, 0.2) is 34.8 Å². The molecule has 4 atom stereocenters. The molecule has 1 fully saturated rings. The number of carbonyl (C=O) groups excluding carboxylic acids is 3. The first-order valence-electron chi connectivity index (χ1n) is 13.7. The zero-order valence-corrected chi connectivity index (χ0v) is 23.4. The number of benzene rings is 1. The van der Waals surface area contributed by atoms with E-state index < -0.39 is 57.5 Å². The number of likely N-dealkylation sites (N-methyl/N-ethyl adjacent to an activating group) is 1. The predicted molar refractivity (Wildman–Crippen MR) is 147 cm³/mol. The Morgan fingerprint density at radius 2 is 1.73 bits per heavy atom. The Kier molecular flexibility index (Phi) is 6.75. The summed E-state index contributed by atoms with van der Waals surface area (Å²) in [5.41, 5.74) is 2.18. The van der Waals surface area contributed by atoms with E-state index in [1.54, 1.807) is 25.1 Å². The van der Waals surface area contributed by atoms with Crippen molar-refractivity contribution in [3.8, 4) is 5.75 Å². The van der Waals surface area contributed by atoms with Crippen LogP contribution in [0.4, 0.5) is 5.69 Å². The first kappa shape index (κ1) is 28.1. The van der Waals surface area contributed by atoms with Crippen molar-refractivity contribution in [2.75, 3.05) is 52.7 Å². The number of Topliss-reactive ketones (excluding diaryl/α,β-unsaturated/α-hetero) is 2. The number of anilines is 1. The molecule has 11 heteroatoms. The first-order chi connectivity index (χ1) is 18.8. The lowest BCUT2D eigenvalue weighted by molar-refractivity contribution is -0.151. The molecule has 1 heterocycles. The molecule has 6 N–H and O–H groups in total. The lowest BCUT2D eigenvalue weighted by Crippen LogP contribution is -2.66. The van der Waals surface area contributed by atoms with Gasteiger partial charge in [-0.05, 0) is 70.6 Å². The molecule has 1 saturated heterocycles. The van der Waals surface area contributed by atoms with E-state index in [1.807, 2.05) is 19.0 Å². The van der Waals surface area contributed by atoms with Gasteiger partial charge in [0.1, 0.15) is 22.8 Å². The minimum Gasteiger partial charge on any atom is -0.510 e. The number of hydrogen-bond donors (Lipinski definition) is 5. The number of ketones is 2. The number of rotatable bonds is 5. The van der Waals surface area contributed by atoms with Crippen molar-refractivity contribution in [2.45, 2.75) is 43.7 Å². The maximum atomic E-state index is 14.3.